The van der Waals surface area contributed by atoms with Crippen molar-refractivity contribution in [2.24, 2.45) is 7.05 Å². The van der Waals surface area contributed by atoms with E-state index in [9.17, 15) is 4.39 Å². The van der Waals surface area contributed by atoms with Gasteiger partial charge < -0.3 is 10.1 Å². The average molecular weight is 548 g/mol. The number of aromatic nitrogens is 6. The third kappa shape index (κ3) is 5.96. The quantitative estimate of drug-likeness (QED) is 0.349. The number of hydrogen-bond donors (Lipinski definition) is 1. The summed E-state index contributed by atoms with van der Waals surface area (Å²) < 4.78 is 22.2. The SMILES string of the molecule is CCN1CCN(Cc2ccc(Nc3ncc(F)c(-c4cnc5nn(C)c(C(C)(C)C)c5c4)n3)nc2)CC1COC. The Kier molecular flexibility index (Phi) is 8.07. The van der Waals surface area contributed by atoms with Crippen molar-refractivity contribution < 1.29 is 9.13 Å². The lowest BCUT2D eigenvalue weighted by Crippen LogP contribution is -2.54. The third-order valence-electron chi connectivity index (χ3n) is 7.34. The number of nitrogens with zero attached hydrogens (tertiary/aromatic N) is 8. The molecule has 1 aliphatic heterocycles. The largest absolute Gasteiger partial charge is 0.383 e. The Labute approximate surface area is 234 Å². The molecule has 10 nitrogen and oxygen atoms in total. The second-order valence-corrected chi connectivity index (χ2v) is 11.4. The minimum atomic E-state index is -0.522. The number of fused-ring (bicyclic) bond motifs is 1. The maximum atomic E-state index is 14.9. The minimum Gasteiger partial charge on any atom is -0.383 e. The predicted molar refractivity (Wildman–Crippen MR) is 154 cm³/mol. The average Bonchev–Trinajstić information content (AvgIpc) is 3.27. The lowest BCUT2D eigenvalue weighted by atomic mass is 9.89. The fourth-order valence-electron chi connectivity index (χ4n) is 5.56. The van der Waals surface area contributed by atoms with Crippen LogP contribution in [-0.2, 0) is 23.7 Å². The molecule has 0 aromatic carbocycles. The number of anilines is 2. The zero-order valence-electron chi connectivity index (χ0n) is 24.1. The summed E-state index contributed by atoms with van der Waals surface area (Å²) in [6.45, 7) is 14.1. The number of nitrogens with one attached hydrogen (secondary N) is 1. The van der Waals surface area contributed by atoms with Crippen LogP contribution in [0.15, 0.2) is 36.8 Å². The molecule has 1 fully saturated rings. The molecule has 0 spiro atoms. The summed E-state index contributed by atoms with van der Waals surface area (Å²) in [4.78, 5) is 22.6. The first kappa shape index (κ1) is 28.0. The number of aryl methyl sites for hydroxylation is 1. The van der Waals surface area contributed by atoms with E-state index < -0.39 is 5.82 Å². The van der Waals surface area contributed by atoms with E-state index >= 15 is 0 Å². The van der Waals surface area contributed by atoms with Gasteiger partial charge in [-0.25, -0.2) is 24.3 Å². The van der Waals surface area contributed by atoms with Crippen molar-refractivity contribution in [3.63, 3.8) is 0 Å². The van der Waals surface area contributed by atoms with Crippen LogP contribution in [0.5, 0.6) is 0 Å². The molecule has 1 unspecified atom stereocenters. The Balaban J connectivity index is 1.31. The minimum absolute atomic E-state index is 0.159. The Morgan fingerprint density at radius 2 is 1.93 bits per heavy atom. The fourth-order valence-corrected chi connectivity index (χ4v) is 5.56. The van der Waals surface area contributed by atoms with Crippen molar-refractivity contribution in [2.75, 3.05) is 45.2 Å². The maximum Gasteiger partial charge on any atom is 0.229 e. The molecule has 1 atom stereocenters. The predicted octanol–water partition coefficient (Wildman–Crippen LogP) is 4.15. The standard InChI is InChI=1S/C29H38FN9O/c1-7-39-11-10-38(17-21(39)18-40-6)16-19-8-9-24(31-13-19)34-28-33-15-23(30)25(35-28)20-12-22-26(29(2,3)4)37(5)36-27(22)32-14-20/h8-9,12-15,21H,7,10-11,16-18H2,1-6H3,(H,31,33,34,35). The van der Waals surface area contributed by atoms with Gasteiger partial charge in [0.2, 0.25) is 5.95 Å². The Morgan fingerprint density at radius 3 is 2.62 bits per heavy atom. The highest BCUT2D eigenvalue weighted by Gasteiger charge is 2.26. The number of rotatable bonds is 8. The van der Waals surface area contributed by atoms with Gasteiger partial charge in [0, 0.05) is 75.1 Å². The highest BCUT2D eigenvalue weighted by atomic mass is 19.1. The van der Waals surface area contributed by atoms with E-state index in [0.717, 1.165) is 56.0 Å². The van der Waals surface area contributed by atoms with Crippen LogP contribution in [0.2, 0.25) is 0 Å². The van der Waals surface area contributed by atoms with E-state index in [1.54, 1.807) is 13.3 Å². The van der Waals surface area contributed by atoms with Crippen molar-refractivity contribution in [1.29, 1.82) is 0 Å². The Morgan fingerprint density at radius 1 is 1.10 bits per heavy atom. The van der Waals surface area contributed by atoms with Crippen molar-refractivity contribution in [2.45, 2.75) is 45.7 Å². The van der Waals surface area contributed by atoms with Crippen LogP contribution >= 0.6 is 0 Å². The van der Waals surface area contributed by atoms with Crippen molar-refractivity contribution >= 4 is 22.8 Å². The van der Waals surface area contributed by atoms with Crippen LogP contribution in [0.25, 0.3) is 22.3 Å². The normalized spacial score (nSPS) is 17.0. The van der Waals surface area contributed by atoms with Gasteiger partial charge in [-0.2, -0.15) is 5.10 Å². The highest BCUT2D eigenvalue weighted by Crippen LogP contribution is 2.32. The number of piperazine rings is 1. The molecule has 1 aliphatic rings. The summed E-state index contributed by atoms with van der Waals surface area (Å²) in [6, 6.07) is 6.24. The molecule has 4 aromatic heterocycles. The highest BCUT2D eigenvalue weighted by molar-refractivity contribution is 5.83. The number of ether oxygens (including phenoxy) is 1. The summed E-state index contributed by atoms with van der Waals surface area (Å²) in [7, 11) is 3.66. The van der Waals surface area contributed by atoms with Gasteiger partial charge in [0.25, 0.3) is 0 Å². The van der Waals surface area contributed by atoms with Gasteiger partial charge in [0.15, 0.2) is 11.5 Å². The van der Waals surface area contributed by atoms with Gasteiger partial charge in [-0.05, 0) is 24.2 Å². The van der Waals surface area contributed by atoms with Crippen LogP contribution in [0.1, 0.15) is 39.0 Å². The lowest BCUT2D eigenvalue weighted by Gasteiger charge is -2.40. The Bertz CT molecular complexity index is 1470. The molecule has 0 amide bonds. The van der Waals surface area contributed by atoms with Crippen LogP contribution in [0, 0.1) is 5.82 Å². The first-order valence-corrected chi connectivity index (χ1v) is 13.7. The number of methoxy groups -OCH3 is 1. The number of pyridine rings is 2. The molecule has 40 heavy (non-hydrogen) atoms. The number of halogens is 1. The molecular weight excluding hydrogens is 509 g/mol. The summed E-state index contributed by atoms with van der Waals surface area (Å²) in [5, 5.41) is 8.51. The summed E-state index contributed by atoms with van der Waals surface area (Å²) in [5.74, 6) is 0.327. The molecule has 0 saturated carbocycles. The van der Waals surface area contributed by atoms with E-state index in [-0.39, 0.29) is 17.1 Å². The van der Waals surface area contributed by atoms with Gasteiger partial charge >= 0.3 is 0 Å². The summed E-state index contributed by atoms with van der Waals surface area (Å²) in [5.41, 5.74) is 3.34. The van der Waals surface area contributed by atoms with Gasteiger partial charge in [-0.1, -0.05) is 33.8 Å². The first-order chi connectivity index (χ1) is 19.2. The van der Waals surface area contributed by atoms with E-state index in [0.29, 0.717) is 23.1 Å². The van der Waals surface area contributed by atoms with Crippen LogP contribution in [0.3, 0.4) is 0 Å². The summed E-state index contributed by atoms with van der Waals surface area (Å²) >= 11 is 0. The van der Waals surface area contributed by atoms with Crippen molar-refractivity contribution in [3.05, 3.63) is 53.9 Å². The molecule has 0 radical (unpaired) electrons. The van der Waals surface area contributed by atoms with E-state index in [1.165, 1.54) is 6.20 Å². The fraction of sp³-hybridized carbons (Fsp3) is 0.483. The third-order valence-corrected chi connectivity index (χ3v) is 7.34. The van der Waals surface area contributed by atoms with Crippen molar-refractivity contribution in [3.8, 4) is 11.3 Å². The van der Waals surface area contributed by atoms with E-state index in [1.807, 2.05) is 36.1 Å². The first-order valence-electron chi connectivity index (χ1n) is 13.7. The van der Waals surface area contributed by atoms with E-state index in [2.05, 4.69) is 67.8 Å². The van der Waals surface area contributed by atoms with Crippen LogP contribution in [0.4, 0.5) is 16.2 Å². The van der Waals surface area contributed by atoms with Crippen LogP contribution in [-0.4, -0.2) is 85.5 Å². The smallest absolute Gasteiger partial charge is 0.229 e. The second-order valence-electron chi connectivity index (χ2n) is 11.4. The zero-order valence-corrected chi connectivity index (χ0v) is 24.1. The molecule has 0 bridgehead atoms. The van der Waals surface area contributed by atoms with Gasteiger partial charge in [0.05, 0.1) is 18.5 Å². The number of hydrogen-bond acceptors (Lipinski definition) is 9. The summed E-state index contributed by atoms with van der Waals surface area (Å²) in [6.07, 6.45) is 4.63. The maximum absolute atomic E-state index is 14.9. The molecule has 5 heterocycles. The topological polar surface area (TPSA) is 97.1 Å². The molecule has 11 heteroatoms. The molecular formula is C29H38FN9O. The molecule has 1 N–H and O–H groups in total. The van der Waals surface area contributed by atoms with Gasteiger partial charge in [0.1, 0.15) is 11.5 Å². The van der Waals surface area contributed by atoms with E-state index in [4.69, 9.17) is 4.74 Å². The van der Waals surface area contributed by atoms with Crippen LogP contribution < -0.4 is 5.32 Å². The van der Waals surface area contributed by atoms with Gasteiger partial charge in [-0.15, -0.1) is 0 Å². The lowest BCUT2D eigenvalue weighted by molar-refractivity contribution is 0.0254. The van der Waals surface area contributed by atoms with Gasteiger partial charge in [-0.3, -0.25) is 14.5 Å². The van der Waals surface area contributed by atoms with Crippen molar-refractivity contribution in [1.82, 2.24) is 39.5 Å². The second kappa shape index (κ2) is 11.5. The number of likely N-dealkylation sites (N-methyl/N-ethyl adjacent to an activating group) is 1. The monoisotopic (exact) mass is 547 g/mol. The molecule has 1 saturated heterocycles. The molecule has 4 aromatic rings. The zero-order chi connectivity index (χ0) is 28.4. The molecule has 212 valence electrons. The molecule has 5 rings (SSSR count). The molecule has 0 aliphatic carbocycles. The Hall–Kier alpha value is -3.54.